The fourth-order valence-electron chi connectivity index (χ4n) is 2.38. The molecule has 0 aromatic carbocycles. The Balaban J connectivity index is 2.24. The third-order valence-corrected chi connectivity index (χ3v) is 3.22. The standard InChI is InChI=1S/C13H24N2O/c1-10(2)14-8-12-5-4-6-13(7-12)9-15-11(3)16/h12-14H,1,4-9H2,2-3H3,(H,15,16). The predicted molar refractivity (Wildman–Crippen MR) is 66.9 cm³/mol. The van der Waals surface area contributed by atoms with Crippen LogP contribution in [0.15, 0.2) is 12.3 Å². The first-order valence-electron chi connectivity index (χ1n) is 6.21. The summed E-state index contributed by atoms with van der Waals surface area (Å²) in [5.74, 6) is 1.49. The molecular formula is C13H24N2O. The molecule has 3 nitrogen and oxygen atoms in total. The number of hydrogen-bond acceptors (Lipinski definition) is 2. The van der Waals surface area contributed by atoms with Crippen LogP contribution < -0.4 is 10.6 Å². The van der Waals surface area contributed by atoms with Gasteiger partial charge in [0.1, 0.15) is 0 Å². The Kier molecular flexibility index (Phi) is 5.36. The smallest absolute Gasteiger partial charge is 0.216 e. The molecule has 0 aromatic heterocycles. The van der Waals surface area contributed by atoms with Gasteiger partial charge in [0.15, 0.2) is 0 Å². The summed E-state index contributed by atoms with van der Waals surface area (Å²) in [4.78, 5) is 10.8. The van der Waals surface area contributed by atoms with E-state index in [4.69, 9.17) is 0 Å². The number of allylic oxidation sites excluding steroid dienone is 1. The van der Waals surface area contributed by atoms with Gasteiger partial charge in [-0.25, -0.2) is 0 Å². The molecule has 1 fully saturated rings. The van der Waals surface area contributed by atoms with Gasteiger partial charge in [-0.05, 0) is 38.0 Å². The van der Waals surface area contributed by atoms with Gasteiger partial charge in [0.25, 0.3) is 0 Å². The van der Waals surface area contributed by atoms with Gasteiger partial charge < -0.3 is 10.6 Å². The van der Waals surface area contributed by atoms with E-state index in [1.54, 1.807) is 6.92 Å². The van der Waals surface area contributed by atoms with Crippen molar-refractivity contribution >= 4 is 5.91 Å². The minimum Gasteiger partial charge on any atom is -0.389 e. The van der Waals surface area contributed by atoms with Crippen molar-refractivity contribution in [3.8, 4) is 0 Å². The molecule has 0 radical (unpaired) electrons. The van der Waals surface area contributed by atoms with Crippen molar-refractivity contribution in [2.24, 2.45) is 11.8 Å². The second-order valence-electron chi connectivity index (χ2n) is 5.00. The molecule has 0 spiro atoms. The molecule has 1 aliphatic carbocycles. The summed E-state index contributed by atoms with van der Waals surface area (Å²) < 4.78 is 0. The minimum absolute atomic E-state index is 0.0854. The summed E-state index contributed by atoms with van der Waals surface area (Å²) in [6.07, 6.45) is 5.06. The van der Waals surface area contributed by atoms with Crippen molar-refractivity contribution < 1.29 is 4.79 Å². The third-order valence-electron chi connectivity index (χ3n) is 3.22. The Morgan fingerprint density at radius 2 is 1.75 bits per heavy atom. The number of nitrogens with one attached hydrogen (secondary N) is 2. The summed E-state index contributed by atoms with van der Waals surface area (Å²) in [5.41, 5.74) is 1.05. The van der Waals surface area contributed by atoms with Gasteiger partial charge in [-0.1, -0.05) is 13.0 Å². The normalized spacial score (nSPS) is 24.9. The van der Waals surface area contributed by atoms with Crippen molar-refractivity contribution in [2.75, 3.05) is 13.1 Å². The third kappa shape index (κ3) is 5.19. The Morgan fingerprint density at radius 3 is 2.25 bits per heavy atom. The highest BCUT2D eigenvalue weighted by Gasteiger charge is 2.21. The molecule has 0 saturated heterocycles. The van der Waals surface area contributed by atoms with Crippen LogP contribution in [0.2, 0.25) is 0 Å². The van der Waals surface area contributed by atoms with E-state index in [0.29, 0.717) is 5.92 Å². The summed E-state index contributed by atoms with van der Waals surface area (Å²) in [6, 6.07) is 0. The molecule has 3 heteroatoms. The number of amides is 1. The van der Waals surface area contributed by atoms with Crippen LogP contribution in [0.5, 0.6) is 0 Å². The monoisotopic (exact) mass is 224 g/mol. The second-order valence-corrected chi connectivity index (χ2v) is 5.00. The van der Waals surface area contributed by atoms with Gasteiger partial charge in [-0.2, -0.15) is 0 Å². The molecule has 1 aliphatic rings. The zero-order chi connectivity index (χ0) is 12.0. The first kappa shape index (κ1) is 13.1. The number of hydrogen-bond donors (Lipinski definition) is 2. The lowest BCUT2D eigenvalue weighted by Crippen LogP contribution is -2.32. The van der Waals surface area contributed by atoms with Gasteiger partial charge in [-0.3, -0.25) is 4.79 Å². The second kappa shape index (κ2) is 6.56. The van der Waals surface area contributed by atoms with Crippen LogP contribution in [0, 0.1) is 11.8 Å². The Labute approximate surface area is 98.7 Å². The first-order valence-corrected chi connectivity index (χ1v) is 6.21. The van der Waals surface area contributed by atoms with Gasteiger partial charge in [0.2, 0.25) is 5.91 Å². The van der Waals surface area contributed by atoms with E-state index in [1.165, 1.54) is 25.7 Å². The summed E-state index contributed by atoms with van der Waals surface area (Å²) >= 11 is 0. The summed E-state index contributed by atoms with van der Waals surface area (Å²) in [5, 5.41) is 6.24. The molecule has 2 unspecified atom stereocenters. The molecule has 0 aliphatic heterocycles. The van der Waals surface area contributed by atoms with E-state index >= 15 is 0 Å². The molecule has 92 valence electrons. The lowest BCUT2D eigenvalue weighted by molar-refractivity contribution is -0.119. The molecule has 1 rings (SSSR count). The zero-order valence-corrected chi connectivity index (χ0v) is 10.5. The van der Waals surface area contributed by atoms with Gasteiger partial charge in [-0.15, -0.1) is 0 Å². The van der Waals surface area contributed by atoms with E-state index in [2.05, 4.69) is 17.2 Å². The number of rotatable bonds is 5. The number of carbonyl (C=O) groups excluding carboxylic acids is 1. The average Bonchev–Trinajstić information content (AvgIpc) is 2.24. The van der Waals surface area contributed by atoms with Crippen LogP contribution in [-0.4, -0.2) is 19.0 Å². The van der Waals surface area contributed by atoms with Crippen molar-refractivity contribution in [3.05, 3.63) is 12.3 Å². The molecule has 1 saturated carbocycles. The lowest BCUT2D eigenvalue weighted by atomic mass is 9.81. The topological polar surface area (TPSA) is 41.1 Å². The molecule has 1 amide bonds. The Bertz CT molecular complexity index is 226. The highest BCUT2D eigenvalue weighted by atomic mass is 16.1. The SMILES string of the molecule is C=C(C)NCC1CCCC(CNC(C)=O)C1. The Hall–Kier alpha value is -0.990. The average molecular weight is 224 g/mol. The maximum Gasteiger partial charge on any atom is 0.216 e. The fraction of sp³-hybridized carbons (Fsp3) is 0.769. The quantitative estimate of drug-likeness (QED) is 0.750. The van der Waals surface area contributed by atoms with Gasteiger partial charge in [0.05, 0.1) is 0 Å². The van der Waals surface area contributed by atoms with Crippen molar-refractivity contribution in [3.63, 3.8) is 0 Å². The molecular weight excluding hydrogens is 200 g/mol. The number of carbonyl (C=O) groups is 1. The van der Waals surface area contributed by atoms with E-state index in [0.717, 1.165) is 24.7 Å². The van der Waals surface area contributed by atoms with E-state index < -0.39 is 0 Å². The van der Waals surface area contributed by atoms with Crippen LogP contribution in [0.3, 0.4) is 0 Å². The van der Waals surface area contributed by atoms with Crippen LogP contribution in [0.4, 0.5) is 0 Å². The van der Waals surface area contributed by atoms with E-state index in [9.17, 15) is 4.79 Å². The molecule has 0 heterocycles. The first-order chi connectivity index (χ1) is 7.58. The van der Waals surface area contributed by atoms with Crippen LogP contribution >= 0.6 is 0 Å². The highest BCUT2D eigenvalue weighted by Crippen LogP contribution is 2.28. The van der Waals surface area contributed by atoms with Crippen molar-refractivity contribution in [1.29, 1.82) is 0 Å². The molecule has 0 aromatic rings. The maximum atomic E-state index is 10.8. The maximum absolute atomic E-state index is 10.8. The molecule has 2 atom stereocenters. The summed E-state index contributed by atoms with van der Waals surface area (Å²) in [6.45, 7) is 9.31. The van der Waals surface area contributed by atoms with Crippen LogP contribution in [-0.2, 0) is 4.79 Å². The van der Waals surface area contributed by atoms with Gasteiger partial charge >= 0.3 is 0 Å². The minimum atomic E-state index is 0.0854. The van der Waals surface area contributed by atoms with Gasteiger partial charge in [0, 0.05) is 25.7 Å². The zero-order valence-electron chi connectivity index (χ0n) is 10.5. The fourth-order valence-corrected chi connectivity index (χ4v) is 2.38. The van der Waals surface area contributed by atoms with Crippen LogP contribution in [0.25, 0.3) is 0 Å². The predicted octanol–water partition coefficient (Wildman–Crippen LogP) is 2.05. The molecule has 2 N–H and O–H groups in total. The largest absolute Gasteiger partial charge is 0.389 e. The van der Waals surface area contributed by atoms with E-state index in [-0.39, 0.29) is 5.91 Å². The highest BCUT2D eigenvalue weighted by molar-refractivity contribution is 5.72. The summed E-state index contributed by atoms with van der Waals surface area (Å²) in [7, 11) is 0. The Morgan fingerprint density at radius 1 is 1.19 bits per heavy atom. The van der Waals surface area contributed by atoms with Crippen molar-refractivity contribution in [2.45, 2.75) is 39.5 Å². The molecule has 16 heavy (non-hydrogen) atoms. The van der Waals surface area contributed by atoms with Crippen molar-refractivity contribution in [1.82, 2.24) is 10.6 Å². The molecule has 0 bridgehead atoms. The van der Waals surface area contributed by atoms with Crippen LogP contribution in [0.1, 0.15) is 39.5 Å². The lowest BCUT2D eigenvalue weighted by Gasteiger charge is -2.29. The van der Waals surface area contributed by atoms with E-state index in [1.807, 2.05) is 6.92 Å².